The van der Waals surface area contributed by atoms with Gasteiger partial charge in [-0.25, -0.2) is 0 Å². The van der Waals surface area contributed by atoms with Crippen LogP contribution in [0.25, 0.3) is 0 Å². The molecule has 1 aromatic rings. The summed E-state index contributed by atoms with van der Waals surface area (Å²) in [7, 11) is 0. The Morgan fingerprint density at radius 2 is 1.84 bits per heavy atom. The normalized spacial score (nSPS) is 16.2. The number of carbonyl (C=O) groups excluding carboxylic acids is 1. The number of benzene rings is 1. The highest BCUT2D eigenvalue weighted by Gasteiger charge is 2.15. The van der Waals surface area contributed by atoms with Gasteiger partial charge in [-0.15, -0.1) is 11.8 Å². The van der Waals surface area contributed by atoms with E-state index in [-0.39, 0.29) is 0 Å². The highest BCUT2D eigenvalue weighted by Crippen LogP contribution is 2.24. The summed E-state index contributed by atoms with van der Waals surface area (Å²) in [5, 5.41) is 0. The molecule has 3 heteroatoms. The molecule has 19 heavy (non-hydrogen) atoms. The van der Waals surface area contributed by atoms with Gasteiger partial charge in [0.25, 0.3) is 0 Å². The number of likely N-dealkylation sites (tertiary alicyclic amines) is 1. The summed E-state index contributed by atoms with van der Waals surface area (Å²) in [5.74, 6) is 0.873. The number of nitrogens with zero attached hydrogens (tertiary/aromatic N) is 1. The second-order valence-electron chi connectivity index (χ2n) is 5.35. The van der Waals surface area contributed by atoms with E-state index < -0.39 is 0 Å². The predicted molar refractivity (Wildman–Crippen MR) is 81.7 cm³/mol. The molecule has 0 radical (unpaired) electrons. The van der Waals surface area contributed by atoms with Crippen molar-refractivity contribution in [1.29, 1.82) is 0 Å². The number of amides is 1. The zero-order valence-corrected chi connectivity index (χ0v) is 12.8. The van der Waals surface area contributed by atoms with Crippen LogP contribution < -0.4 is 0 Å². The van der Waals surface area contributed by atoms with Gasteiger partial charge in [-0.2, -0.15) is 0 Å². The Kier molecular flexibility index (Phi) is 5.32. The van der Waals surface area contributed by atoms with Crippen molar-refractivity contribution < 1.29 is 4.79 Å². The average Bonchev–Trinajstić information content (AvgIpc) is 2.68. The molecule has 1 saturated heterocycles. The van der Waals surface area contributed by atoms with Crippen molar-refractivity contribution >= 4 is 17.7 Å². The third-order valence-electron chi connectivity index (χ3n) is 3.65. The fourth-order valence-corrected chi connectivity index (χ4v) is 3.44. The van der Waals surface area contributed by atoms with E-state index in [1.807, 2.05) is 4.90 Å². The Labute approximate surface area is 120 Å². The molecule has 1 heterocycles. The molecule has 1 aliphatic rings. The molecule has 1 aromatic carbocycles. The van der Waals surface area contributed by atoms with Gasteiger partial charge in [-0.3, -0.25) is 4.79 Å². The maximum atomic E-state index is 12.2. The quantitative estimate of drug-likeness (QED) is 0.783. The summed E-state index contributed by atoms with van der Waals surface area (Å²) < 4.78 is 0. The standard InChI is InChI=1S/C16H23NOS/c1-13-7-8-14(2)15(11-13)19-12-16(18)17-9-5-3-4-6-10-17/h7-8,11H,3-6,9-10,12H2,1-2H3. The monoisotopic (exact) mass is 277 g/mol. The second-order valence-corrected chi connectivity index (χ2v) is 6.37. The van der Waals surface area contributed by atoms with Gasteiger partial charge in [0.1, 0.15) is 0 Å². The number of hydrogen-bond donors (Lipinski definition) is 0. The zero-order valence-electron chi connectivity index (χ0n) is 11.9. The van der Waals surface area contributed by atoms with Gasteiger partial charge < -0.3 is 4.90 Å². The minimum atomic E-state index is 0.299. The molecule has 0 N–H and O–H groups in total. The van der Waals surface area contributed by atoms with E-state index in [9.17, 15) is 4.79 Å². The van der Waals surface area contributed by atoms with Crippen LogP contribution in [0.3, 0.4) is 0 Å². The fraction of sp³-hybridized carbons (Fsp3) is 0.562. The molecule has 0 bridgehead atoms. The van der Waals surface area contributed by atoms with Crippen molar-refractivity contribution in [1.82, 2.24) is 4.90 Å². The topological polar surface area (TPSA) is 20.3 Å². The Morgan fingerprint density at radius 1 is 1.16 bits per heavy atom. The Hall–Kier alpha value is -0.960. The first-order chi connectivity index (χ1) is 9.16. The van der Waals surface area contributed by atoms with Crippen LogP contribution in [0.1, 0.15) is 36.8 Å². The lowest BCUT2D eigenvalue weighted by Gasteiger charge is -2.20. The van der Waals surface area contributed by atoms with Gasteiger partial charge in [0.05, 0.1) is 5.75 Å². The van der Waals surface area contributed by atoms with Crippen LogP contribution in [-0.2, 0) is 4.79 Å². The summed E-state index contributed by atoms with van der Waals surface area (Å²) in [6.07, 6.45) is 4.88. The van der Waals surface area contributed by atoms with E-state index in [0.717, 1.165) is 13.1 Å². The van der Waals surface area contributed by atoms with Crippen molar-refractivity contribution in [3.8, 4) is 0 Å². The van der Waals surface area contributed by atoms with Gasteiger partial charge in [-0.1, -0.05) is 30.5 Å². The number of carbonyl (C=O) groups is 1. The van der Waals surface area contributed by atoms with E-state index in [2.05, 4.69) is 32.0 Å². The molecule has 1 fully saturated rings. The van der Waals surface area contributed by atoms with Crippen molar-refractivity contribution in [2.24, 2.45) is 0 Å². The molecule has 2 rings (SSSR count). The third kappa shape index (κ3) is 4.27. The molecule has 0 unspecified atom stereocenters. The third-order valence-corrected chi connectivity index (χ3v) is 4.80. The van der Waals surface area contributed by atoms with Gasteiger partial charge in [-0.05, 0) is 38.3 Å². The number of aryl methyl sites for hydroxylation is 2. The van der Waals surface area contributed by atoms with E-state index in [0.29, 0.717) is 11.7 Å². The lowest BCUT2D eigenvalue weighted by Crippen LogP contribution is -2.33. The summed E-state index contributed by atoms with van der Waals surface area (Å²) >= 11 is 1.68. The van der Waals surface area contributed by atoms with Gasteiger partial charge in [0.15, 0.2) is 0 Å². The van der Waals surface area contributed by atoms with Gasteiger partial charge in [0, 0.05) is 18.0 Å². The van der Waals surface area contributed by atoms with Crippen LogP contribution in [0.5, 0.6) is 0 Å². The molecule has 0 aliphatic carbocycles. The summed E-state index contributed by atoms with van der Waals surface area (Å²) in [5.41, 5.74) is 2.52. The second kappa shape index (κ2) is 6.99. The Bertz CT molecular complexity index is 436. The smallest absolute Gasteiger partial charge is 0.232 e. The molecular formula is C16H23NOS. The molecule has 0 spiro atoms. The van der Waals surface area contributed by atoms with Crippen LogP contribution in [-0.4, -0.2) is 29.6 Å². The molecular weight excluding hydrogens is 254 g/mol. The first-order valence-corrected chi connectivity index (χ1v) is 8.13. The number of hydrogen-bond acceptors (Lipinski definition) is 2. The maximum absolute atomic E-state index is 12.2. The predicted octanol–water partition coefficient (Wildman–Crippen LogP) is 3.80. The van der Waals surface area contributed by atoms with Crippen LogP contribution in [0.4, 0.5) is 0 Å². The van der Waals surface area contributed by atoms with Crippen molar-refractivity contribution in [3.05, 3.63) is 29.3 Å². The Morgan fingerprint density at radius 3 is 2.53 bits per heavy atom. The molecule has 0 saturated carbocycles. The van der Waals surface area contributed by atoms with E-state index in [1.54, 1.807) is 11.8 Å². The molecule has 104 valence electrons. The largest absolute Gasteiger partial charge is 0.342 e. The lowest BCUT2D eigenvalue weighted by molar-refractivity contribution is -0.128. The molecule has 0 aromatic heterocycles. The lowest BCUT2D eigenvalue weighted by atomic mass is 10.2. The van der Waals surface area contributed by atoms with E-state index in [1.165, 1.54) is 41.7 Å². The number of rotatable bonds is 3. The average molecular weight is 277 g/mol. The van der Waals surface area contributed by atoms with Gasteiger partial charge in [0.2, 0.25) is 5.91 Å². The van der Waals surface area contributed by atoms with Crippen LogP contribution in [0.15, 0.2) is 23.1 Å². The van der Waals surface area contributed by atoms with Crippen LogP contribution >= 0.6 is 11.8 Å². The van der Waals surface area contributed by atoms with Crippen LogP contribution in [0, 0.1) is 13.8 Å². The van der Waals surface area contributed by atoms with Crippen LogP contribution in [0.2, 0.25) is 0 Å². The highest BCUT2D eigenvalue weighted by atomic mass is 32.2. The summed E-state index contributed by atoms with van der Waals surface area (Å²) in [4.78, 5) is 15.5. The van der Waals surface area contributed by atoms with Crippen molar-refractivity contribution in [3.63, 3.8) is 0 Å². The zero-order chi connectivity index (χ0) is 13.7. The van der Waals surface area contributed by atoms with Gasteiger partial charge >= 0.3 is 0 Å². The molecule has 2 nitrogen and oxygen atoms in total. The SMILES string of the molecule is Cc1ccc(C)c(SCC(=O)N2CCCCCC2)c1. The summed E-state index contributed by atoms with van der Waals surface area (Å²) in [6, 6.07) is 6.43. The fourth-order valence-electron chi connectivity index (χ4n) is 2.41. The molecule has 0 atom stereocenters. The van der Waals surface area contributed by atoms with E-state index in [4.69, 9.17) is 0 Å². The van der Waals surface area contributed by atoms with Crippen molar-refractivity contribution in [2.75, 3.05) is 18.8 Å². The highest BCUT2D eigenvalue weighted by molar-refractivity contribution is 8.00. The maximum Gasteiger partial charge on any atom is 0.232 e. The first kappa shape index (κ1) is 14.4. The molecule has 1 aliphatic heterocycles. The minimum Gasteiger partial charge on any atom is -0.342 e. The van der Waals surface area contributed by atoms with Crippen molar-refractivity contribution in [2.45, 2.75) is 44.4 Å². The van der Waals surface area contributed by atoms with E-state index >= 15 is 0 Å². The number of thioether (sulfide) groups is 1. The first-order valence-electron chi connectivity index (χ1n) is 7.14. The summed E-state index contributed by atoms with van der Waals surface area (Å²) in [6.45, 7) is 6.11. The molecule has 1 amide bonds. The Balaban J connectivity index is 1.90. The minimum absolute atomic E-state index is 0.299.